The minimum absolute atomic E-state index is 0.293. The summed E-state index contributed by atoms with van der Waals surface area (Å²) in [5.41, 5.74) is 7.04. The van der Waals surface area contributed by atoms with E-state index in [0.29, 0.717) is 10.9 Å². The van der Waals surface area contributed by atoms with Crippen molar-refractivity contribution < 1.29 is 4.39 Å². The van der Waals surface area contributed by atoms with Crippen molar-refractivity contribution in [2.24, 2.45) is 10.1 Å². The molecule has 0 bridgehead atoms. The van der Waals surface area contributed by atoms with Gasteiger partial charge in [-0.3, -0.25) is 5.43 Å². The fourth-order valence-electron chi connectivity index (χ4n) is 2.66. The average molecular weight is 350 g/mol. The third kappa shape index (κ3) is 3.16. The molecule has 0 saturated heterocycles. The van der Waals surface area contributed by atoms with Crippen molar-refractivity contribution in [3.05, 3.63) is 100 Å². The summed E-state index contributed by atoms with van der Waals surface area (Å²) in [5, 5.41) is 5.15. The highest BCUT2D eigenvalue weighted by Gasteiger charge is 2.17. The zero-order chi connectivity index (χ0) is 17.2. The van der Waals surface area contributed by atoms with E-state index in [2.05, 4.69) is 15.5 Å². The molecule has 122 valence electrons. The summed E-state index contributed by atoms with van der Waals surface area (Å²) >= 11 is 6.19. The van der Waals surface area contributed by atoms with Crippen LogP contribution in [0.15, 0.2) is 82.9 Å². The Bertz CT molecular complexity index is 980. The van der Waals surface area contributed by atoms with E-state index in [1.807, 2.05) is 42.5 Å². The molecule has 0 unspecified atom stereocenters. The molecule has 0 spiro atoms. The fourth-order valence-corrected chi connectivity index (χ4v) is 2.83. The van der Waals surface area contributed by atoms with Gasteiger partial charge >= 0.3 is 0 Å². The number of fused-ring (bicyclic) bond motifs is 1. The summed E-state index contributed by atoms with van der Waals surface area (Å²) in [6.45, 7) is 0. The molecule has 0 saturated carbocycles. The monoisotopic (exact) mass is 349 g/mol. The topological polar surface area (TPSA) is 36.8 Å². The summed E-state index contributed by atoms with van der Waals surface area (Å²) in [5.74, 6) is 0.258. The van der Waals surface area contributed by atoms with Crippen LogP contribution in [-0.4, -0.2) is 11.5 Å². The molecule has 3 nitrogen and oxygen atoms in total. The predicted octanol–water partition coefficient (Wildman–Crippen LogP) is 4.91. The van der Waals surface area contributed by atoms with Gasteiger partial charge in [0.05, 0.1) is 5.69 Å². The zero-order valence-electron chi connectivity index (χ0n) is 13.1. The third-order valence-electron chi connectivity index (χ3n) is 3.88. The first-order valence-corrected chi connectivity index (χ1v) is 8.12. The number of hydrogen-bond acceptors (Lipinski definition) is 3. The quantitative estimate of drug-likeness (QED) is 0.701. The van der Waals surface area contributed by atoms with Gasteiger partial charge in [0.2, 0.25) is 0 Å². The van der Waals surface area contributed by atoms with E-state index >= 15 is 0 Å². The Morgan fingerprint density at radius 3 is 2.36 bits per heavy atom. The number of benzene rings is 3. The van der Waals surface area contributed by atoms with Crippen LogP contribution in [0.5, 0.6) is 0 Å². The number of rotatable bonds is 2. The van der Waals surface area contributed by atoms with Crippen molar-refractivity contribution >= 4 is 28.8 Å². The van der Waals surface area contributed by atoms with Gasteiger partial charge in [-0.05, 0) is 42.5 Å². The molecule has 5 heteroatoms. The Labute approximate surface area is 149 Å². The van der Waals surface area contributed by atoms with Gasteiger partial charge in [-0.2, -0.15) is 5.10 Å². The average Bonchev–Trinajstić information content (AvgIpc) is 2.82. The van der Waals surface area contributed by atoms with E-state index in [1.165, 1.54) is 12.1 Å². The van der Waals surface area contributed by atoms with Crippen LogP contribution in [0.25, 0.3) is 0 Å². The van der Waals surface area contributed by atoms with E-state index in [0.717, 1.165) is 28.1 Å². The van der Waals surface area contributed by atoms with Crippen molar-refractivity contribution in [2.75, 3.05) is 0 Å². The number of nitrogens with one attached hydrogen (secondary N) is 1. The molecule has 0 aromatic heterocycles. The van der Waals surface area contributed by atoms with Crippen molar-refractivity contribution in [3.8, 4) is 0 Å². The van der Waals surface area contributed by atoms with Crippen LogP contribution >= 0.6 is 11.6 Å². The molecule has 1 aliphatic rings. The second kappa shape index (κ2) is 6.49. The van der Waals surface area contributed by atoms with Crippen molar-refractivity contribution in [3.63, 3.8) is 0 Å². The van der Waals surface area contributed by atoms with Gasteiger partial charge in [-0.25, -0.2) is 9.38 Å². The molecule has 1 aliphatic heterocycles. The number of aliphatic imine (C=N–C) groups is 1. The fraction of sp³-hybridized carbons (Fsp3) is 0. The number of nitrogens with zero attached hydrogens (tertiary/aromatic N) is 2. The molecular formula is C20H13ClFN3. The van der Waals surface area contributed by atoms with Crippen molar-refractivity contribution in [1.29, 1.82) is 0 Å². The molecule has 0 amide bonds. The maximum Gasteiger partial charge on any atom is 0.154 e. The highest BCUT2D eigenvalue weighted by Crippen LogP contribution is 2.28. The smallest absolute Gasteiger partial charge is 0.154 e. The Balaban J connectivity index is 1.87. The third-order valence-corrected chi connectivity index (χ3v) is 4.12. The summed E-state index contributed by atoms with van der Waals surface area (Å²) < 4.78 is 13.2. The van der Waals surface area contributed by atoms with Gasteiger partial charge in [0, 0.05) is 21.7 Å². The lowest BCUT2D eigenvalue weighted by Gasteiger charge is -2.07. The van der Waals surface area contributed by atoms with E-state index in [-0.39, 0.29) is 5.82 Å². The first-order valence-electron chi connectivity index (χ1n) is 7.74. The molecule has 4 rings (SSSR count). The van der Waals surface area contributed by atoms with Crippen LogP contribution < -0.4 is 5.43 Å². The number of hydrogen-bond donors (Lipinski definition) is 1. The lowest BCUT2D eigenvalue weighted by molar-refractivity contribution is 0.627. The maximum atomic E-state index is 13.2. The van der Waals surface area contributed by atoms with Gasteiger partial charge in [-0.15, -0.1) is 0 Å². The van der Waals surface area contributed by atoms with E-state index < -0.39 is 0 Å². The van der Waals surface area contributed by atoms with Crippen LogP contribution in [0, 0.1) is 5.82 Å². The SMILES string of the molecule is Fc1ccc(C2=Nc3ccc(Cl)cc3C(c3ccccc3)=NN2)cc1. The number of amidine groups is 1. The summed E-state index contributed by atoms with van der Waals surface area (Å²) in [6.07, 6.45) is 0. The lowest BCUT2D eigenvalue weighted by Crippen LogP contribution is -2.19. The molecule has 1 heterocycles. The van der Waals surface area contributed by atoms with E-state index in [1.54, 1.807) is 18.2 Å². The van der Waals surface area contributed by atoms with Gasteiger partial charge in [0.1, 0.15) is 11.5 Å². The summed E-state index contributed by atoms with van der Waals surface area (Å²) in [7, 11) is 0. The largest absolute Gasteiger partial charge is 0.260 e. The predicted molar refractivity (Wildman–Crippen MR) is 99.3 cm³/mol. The molecule has 3 aromatic carbocycles. The van der Waals surface area contributed by atoms with E-state index in [9.17, 15) is 4.39 Å². The molecule has 25 heavy (non-hydrogen) atoms. The second-order valence-corrected chi connectivity index (χ2v) is 6.00. The molecule has 0 fully saturated rings. The molecule has 3 aromatic rings. The summed E-state index contributed by atoms with van der Waals surface area (Å²) in [6, 6.07) is 21.4. The van der Waals surface area contributed by atoms with Gasteiger partial charge in [0.25, 0.3) is 0 Å². The van der Waals surface area contributed by atoms with Crippen LogP contribution in [0.3, 0.4) is 0 Å². The Hall–Kier alpha value is -2.98. The van der Waals surface area contributed by atoms with Gasteiger partial charge in [-0.1, -0.05) is 41.9 Å². The van der Waals surface area contributed by atoms with Crippen LogP contribution in [-0.2, 0) is 0 Å². The van der Waals surface area contributed by atoms with Crippen molar-refractivity contribution in [2.45, 2.75) is 0 Å². The van der Waals surface area contributed by atoms with Gasteiger partial charge < -0.3 is 0 Å². The minimum atomic E-state index is -0.293. The normalized spacial score (nSPS) is 13.2. The minimum Gasteiger partial charge on any atom is -0.260 e. The Morgan fingerprint density at radius 1 is 0.840 bits per heavy atom. The Morgan fingerprint density at radius 2 is 1.60 bits per heavy atom. The van der Waals surface area contributed by atoms with Crippen LogP contribution in [0.1, 0.15) is 16.7 Å². The van der Waals surface area contributed by atoms with Gasteiger partial charge in [0.15, 0.2) is 5.84 Å². The highest BCUT2D eigenvalue weighted by molar-refractivity contribution is 6.31. The highest BCUT2D eigenvalue weighted by atomic mass is 35.5. The maximum absolute atomic E-state index is 13.2. The lowest BCUT2D eigenvalue weighted by atomic mass is 10.0. The summed E-state index contributed by atoms with van der Waals surface area (Å²) in [4.78, 5) is 4.67. The first-order chi connectivity index (χ1) is 12.2. The van der Waals surface area contributed by atoms with Crippen LogP contribution in [0.4, 0.5) is 10.1 Å². The number of hydrazone groups is 1. The number of halogens is 2. The molecule has 0 atom stereocenters. The molecule has 0 aliphatic carbocycles. The van der Waals surface area contributed by atoms with Crippen molar-refractivity contribution in [1.82, 2.24) is 5.43 Å². The Kier molecular flexibility index (Phi) is 4.04. The van der Waals surface area contributed by atoms with Crippen LogP contribution in [0.2, 0.25) is 5.02 Å². The second-order valence-electron chi connectivity index (χ2n) is 5.57. The standard InChI is InChI=1S/C20H13ClFN3/c21-15-8-11-18-17(12-15)19(13-4-2-1-3-5-13)24-25-20(23-18)14-6-9-16(22)10-7-14/h1-12H,(H,23,25). The molecule has 0 radical (unpaired) electrons. The van der Waals surface area contributed by atoms with E-state index in [4.69, 9.17) is 11.6 Å². The molecule has 1 N–H and O–H groups in total. The first kappa shape index (κ1) is 15.5. The zero-order valence-corrected chi connectivity index (χ0v) is 13.8. The molecular weight excluding hydrogens is 337 g/mol.